The summed E-state index contributed by atoms with van der Waals surface area (Å²) in [6.45, 7) is 0. The summed E-state index contributed by atoms with van der Waals surface area (Å²) < 4.78 is 7.32. The third kappa shape index (κ3) is 5.51. The van der Waals surface area contributed by atoms with E-state index in [4.69, 9.17) is 4.74 Å². The first kappa shape index (κ1) is 22.8. The molecule has 0 spiro atoms. The Kier molecular flexibility index (Phi) is 7.23. The van der Waals surface area contributed by atoms with Gasteiger partial charge in [-0.3, -0.25) is 19.5 Å². The smallest absolute Gasteiger partial charge is 0.269 e. The van der Waals surface area contributed by atoms with E-state index in [0.717, 1.165) is 30.1 Å². The van der Waals surface area contributed by atoms with Gasteiger partial charge >= 0.3 is 0 Å². The lowest BCUT2D eigenvalue weighted by Gasteiger charge is -2.22. The number of hydrogen-bond acceptors (Lipinski definition) is 7. The second-order valence-electron chi connectivity index (χ2n) is 7.85. The molecule has 0 radical (unpaired) electrons. The third-order valence-electron chi connectivity index (χ3n) is 5.65. The molecule has 1 saturated carbocycles. The van der Waals surface area contributed by atoms with Crippen molar-refractivity contribution in [1.29, 1.82) is 0 Å². The zero-order valence-corrected chi connectivity index (χ0v) is 19.1. The fraction of sp³-hybridized carbons (Fsp3) is 0.348. The summed E-state index contributed by atoms with van der Waals surface area (Å²) in [4.78, 5) is 22.8. The fourth-order valence-electron chi connectivity index (χ4n) is 3.97. The number of aromatic nitrogens is 3. The molecule has 33 heavy (non-hydrogen) atoms. The normalized spacial score (nSPS) is 14.1. The van der Waals surface area contributed by atoms with Crippen LogP contribution in [0.3, 0.4) is 0 Å². The van der Waals surface area contributed by atoms with E-state index in [1.807, 2.05) is 28.8 Å². The quantitative estimate of drug-likeness (QED) is 0.283. The number of nitrogens with one attached hydrogen (secondary N) is 1. The van der Waals surface area contributed by atoms with Crippen LogP contribution in [-0.2, 0) is 4.79 Å². The number of non-ortho nitro benzene ring substituents is 1. The van der Waals surface area contributed by atoms with Gasteiger partial charge in [-0.05, 0) is 49.2 Å². The van der Waals surface area contributed by atoms with Crippen molar-refractivity contribution >= 4 is 29.0 Å². The minimum Gasteiger partial charge on any atom is -0.497 e. The van der Waals surface area contributed by atoms with Crippen molar-refractivity contribution in [3.05, 3.63) is 64.5 Å². The Balaban J connectivity index is 1.50. The highest BCUT2D eigenvalue weighted by Crippen LogP contribution is 2.35. The van der Waals surface area contributed by atoms with E-state index < -0.39 is 4.92 Å². The van der Waals surface area contributed by atoms with E-state index in [0.29, 0.717) is 16.8 Å². The number of rotatable bonds is 8. The van der Waals surface area contributed by atoms with Crippen molar-refractivity contribution in [2.75, 3.05) is 18.2 Å². The van der Waals surface area contributed by atoms with E-state index >= 15 is 0 Å². The van der Waals surface area contributed by atoms with Crippen LogP contribution in [0.5, 0.6) is 5.75 Å². The number of thioether (sulfide) groups is 1. The number of carbonyl (C=O) groups excluding carboxylic acids is 1. The zero-order valence-electron chi connectivity index (χ0n) is 18.3. The van der Waals surface area contributed by atoms with Crippen molar-refractivity contribution in [2.45, 2.75) is 43.2 Å². The van der Waals surface area contributed by atoms with Crippen LogP contribution in [0.4, 0.5) is 11.4 Å². The molecule has 0 atom stereocenters. The molecule has 0 aliphatic heterocycles. The molecule has 0 bridgehead atoms. The van der Waals surface area contributed by atoms with Crippen molar-refractivity contribution in [3.63, 3.8) is 0 Å². The molecule has 1 heterocycles. The number of carbonyl (C=O) groups is 1. The summed E-state index contributed by atoms with van der Waals surface area (Å²) in [5.74, 6) is 1.95. The number of nitro benzene ring substituents is 1. The van der Waals surface area contributed by atoms with E-state index in [9.17, 15) is 14.9 Å². The summed E-state index contributed by atoms with van der Waals surface area (Å²) in [6.07, 6.45) is 5.78. The molecular weight excluding hydrogens is 442 g/mol. The predicted molar refractivity (Wildman–Crippen MR) is 126 cm³/mol. The first-order valence-corrected chi connectivity index (χ1v) is 11.8. The van der Waals surface area contributed by atoms with Gasteiger partial charge in [0.1, 0.15) is 11.6 Å². The van der Waals surface area contributed by atoms with E-state index in [2.05, 4.69) is 15.5 Å². The summed E-state index contributed by atoms with van der Waals surface area (Å²) in [5.41, 5.74) is 1.41. The molecular formula is C23H25N5O4S. The molecule has 3 aromatic rings. The summed E-state index contributed by atoms with van der Waals surface area (Å²) in [6, 6.07) is 13.5. The van der Waals surface area contributed by atoms with Crippen molar-refractivity contribution in [2.24, 2.45) is 0 Å². The van der Waals surface area contributed by atoms with E-state index in [1.54, 1.807) is 7.11 Å². The van der Waals surface area contributed by atoms with Gasteiger partial charge in [-0.1, -0.05) is 31.0 Å². The van der Waals surface area contributed by atoms with Crippen LogP contribution < -0.4 is 10.1 Å². The number of nitrogens with zero attached hydrogens (tertiary/aromatic N) is 4. The van der Waals surface area contributed by atoms with Gasteiger partial charge in [0.25, 0.3) is 5.69 Å². The molecule has 4 rings (SSSR count). The van der Waals surface area contributed by atoms with Crippen LogP contribution >= 0.6 is 11.8 Å². The Morgan fingerprint density at radius 3 is 2.45 bits per heavy atom. The van der Waals surface area contributed by atoms with E-state index in [1.165, 1.54) is 55.3 Å². The van der Waals surface area contributed by atoms with Gasteiger partial charge in [-0.25, -0.2) is 0 Å². The molecule has 0 saturated heterocycles. The molecule has 1 aromatic heterocycles. The summed E-state index contributed by atoms with van der Waals surface area (Å²) >= 11 is 1.31. The second kappa shape index (κ2) is 10.5. The first-order chi connectivity index (χ1) is 16.0. The van der Waals surface area contributed by atoms with Crippen LogP contribution in [0.2, 0.25) is 0 Å². The summed E-state index contributed by atoms with van der Waals surface area (Å²) in [5, 5.41) is 23.1. The summed E-state index contributed by atoms with van der Waals surface area (Å²) in [7, 11) is 1.63. The fourth-order valence-corrected chi connectivity index (χ4v) is 4.73. The molecule has 1 amide bonds. The van der Waals surface area contributed by atoms with Crippen LogP contribution in [0.25, 0.3) is 5.69 Å². The highest BCUT2D eigenvalue weighted by molar-refractivity contribution is 7.99. The van der Waals surface area contributed by atoms with Gasteiger partial charge in [0.2, 0.25) is 5.91 Å². The Bertz CT molecular complexity index is 1110. The topological polar surface area (TPSA) is 112 Å². The molecule has 0 unspecified atom stereocenters. The average Bonchev–Trinajstić information content (AvgIpc) is 3.27. The minimum absolute atomic E-state index is 0.0230. The molecule has 2 aromatic carbocycles. The Morgan fingerprint density at radius 2 is 1.82 bits per heavy atom. The van der Waals surface area contributed by atoms with Crippen molar-refractivity contribution < 1.29 is 14.5 Å². The Morgan fingerprint density at radius 1 is 1.12 bits per heavy atom. The number of amides is 1. The minimum atomic E-state index is -0.475. The third-order valence-corrected chi connectivity index (χ3v) is 6.58. The van der Waals surface area contributed by atoms with Gasteiger partial charge in [-0.2, -0.15) is 0 Å². The molecule has 1 aliphatic carbocycles. The number of ether oxygens (including phenoxy) is 1. The van der Waals surface area contributed by atoms with Gasteiger partial charge < -0.3 is 10.1 Å². The van der Waals surface area contributed by atoms with Gasteiger partial charge in [0.15, 0.2) is 5.16 Å². The number of hydrogen-bond donors (Lipinski definition) is 1. The highest BCUT2D eigenvalue weighted by atomic mass is 32.2. The lowest BCUT2D eigenvalue weighted by molar-refractivity contribution is -0.384. The van der Waals surface area contributed by atoms with Crippen LogP contribution in [0, 0.1) is 10.1 Å². The van der Waals surface area contributed by atoms with E-state index in [-0.39, 0.29) is 17.3 Å². The van der Waals surface area contributed by atoms with Gasteiger partial charge in [-0.15, -0.1) is 10.2 Å². The number of benzene rings is 2. The standard InChI is InChI=1S/C23H25N5O4S/c1-32-20-13-11-18(12-14-20)27-22(16-5-3-2-4-6-16)25-26-23(27)33-15-21(29)24-17-7-9-19(10-8-17)28(30)31/h7-14,16H,2-6,15H2,1H3,(H,24,29). The maximum atomic E-state index is 12.5. The Hall–Kier alpha value is -3.40. The van der Waals surface area contributed by atoms with Crippen LogP contribution in [-0.4, -0.2) is 38.5 Å². The molecule has 172 valence electrons. The monoisotopic (exact) mass is 467 g/mol. The maximum absolute atomic E-state index is 12.5. The predicted octanol–water partition coefficient (Wildman–Crippen LogP) is 4.96. The lowest BCUT2D eigenvalue weighted by atomic mass is 9.88. The number of methoxy groups -OCH3 is 1. The highest BCUT2D eigenvalue weighted by Gasteiger charge is 2.24. The average molecular weight is 468 g/mol. The van der Waals surface area contributed by atoms with Gasteiger partial charge in [0, 0.05) is 29.4 Å². The molecule has 1 fully saturated rings. The second-order valence-corrected chi connectivity index (χ2v) is 8.79. The lowest BCUT2D eigenvalue weighted by Crippen LogP contribution is -2.15. The first-order valence-electron chi connectivity index (χ1n) is 10.8. The Labute approximate surface area is 195 Å². The molecule has 10 heteroatoms. The van der Waals surface area contributed by atoms with Crippen LogP contribution in [0.15, 0.2) is 53.7 Å². The van der Waals surface area contributed by atoms with Crippen molar-refractivity contribution in [1.82, 2.24) is 14.8 Å². The number of anilines is 1. The largest absolute Gasteiger partial charge is 0.497 e. The maximum Gasteiger partial charge on any atom is 0.269 e. The molecule has 1 aliphatic rings. The molecule has 9 nitrogen and oxygen atoms in total. The van der Waals surface area contributed by atoms with Crippen molar-refractivity contribution in [3.8, 4) is 11.4 Å². The number of nitro groups is 1. The van der Waals surface area contributed by atoms with Crippen LogP contribution in [0.1, 0.15) is 43.8 Å². The zero-order chi connectivity index (χ0) is 23.2. The SMILES string of the molecule is COc1ccc(-n2c(SCC(=O)Nc3ccc([N+](=O)[O-])cc3)nnc2C2CCCCC2)cc1. The molecule has 1 N–H and O–H groups in total. The van der Waals surface area contributed by atoms with Gasteiger partial charge in [0.05, 0.1) is 17.8 Å².